The Morgan fingerprint density at radius 3 is 3.00 bits per heavy atom. The summed E-state index contributed by atoms with van der Waals surface area (Å²) in [6.07, 6.45) is 5.44. The third-order valence-corrected chi connectivity index (χ3v) is 1.89. The second-order valence-corrected chi connectivity index (χ2v) is 3.49. The predicted octanol–water partition coefficient (Wildman–Crippen LogP) is 0.295. The number of hydrogen-bond acceptors (Lipinski definition) is 1. The normalized spacial score (nSPS) is 10.1. The van der Waals surface area contributed by atoms with E-state index in [0.29, 0.717) is 0 Å². The molecule has 1 aromatic rings. The van der Waals surface area contributed by atoms with Gasteiger partial charge in [0.1, 0.15) is 12.4 Å². The van der Waals surface area contributed by atoms with Gasteiger partial charge in [-0.2, -0.15) is 0 Å². The Bertz CT molecular complexity index is 272. The molecular formula is C7H10IN2O2+. The van der Waals surface area contributed by atoms with Crippen molar-refractivity contribution in [1.82, 2.24) is 4.57 Å². The van der Waals surface area contributed by atoms with Gasteiger partial charge in [-0.3, -0.25) is 0 Å². The Balaban J connectivity index is 2.58. The molecule has 1 aromatic heterocycles. The molecule has 12 heavy (non-hydrogen) atoms. The Kier molecular flexibility index (Phi) is 3.51. The molecule has 0 spiro atoms. The molecule has 0 fully saturated rings. The maximum Gasteiger partial charge on any atom is 0.346 e. The fourth-order valence-electron chi connectivity index (χ4n) is 0.918. The second-order valence-electron chi connectivity index (χ2n) is 2.41. The zero-order valence-corrected chi connectivity index (χ0v) is 8.64. The summed E-state index contributed by atoms with van der Waals surface area (Å²) in [6, 6.07) is 0. The monoisotopic (exact) mass is 281 g/mol. The maximum absolute atomic E-state index is 10.3. The van der Waals surface area contributed by atoms with Crippen LogP contribution in [0.2, 0.25) is 0 Å². The van der Waals surface area contributed by atoms with E-state index in [1.165, 1.54) is 0 Å². The van der Waals surface area contributed by atoms with Crippen molar-refractivity contribution >= 4 is 28.6 Å². The molecule has 1 heterocycles. The average Bonchev–Trinajstić information content (AvgIpc) is 2.36. The summed E-state index contributed by atoms with van der Waals surface area (Å²) < 4.78 is 4.64. The van der Waals surface area contributed by atoms with Crippen LogP contribution in [0, 0.1) is 0 Å². The topological polar surface area (TPSA) is 46.1 Å². The molecule has 0 aliphatic heterocycles. The lowest BCUT2D eigenvalue weighted by atomic mass is 10.6. The quantitative estimate of drug-likeness (QED) is 0.490. The van der Waals surface area contributed by atoms with Crippen LogP contribution in [-0.2, 0) is 17.9 Å². The number of carboxylic acid groups (broad SMARTS) is 1. The molecule has 4 nitrogen and oxygen atoms in total. The van der Waals surface area contributed by atoms with Gasteiger partial charge in [0.25, 0.3) is 0 Å². The predicted molar refractivity (Wildman–Crippen MR) is 51.1 cm³/mol. The number of hydrogen-bond donors (Lipinski definition) is 1. The van der Waals surface area contributed by atoms with Gasteiger partial charge in [-0.05, 0) is 0 Å². The molecule has 0 aromatic carbocycles. The van der Waals surface area contributed by atoms with Gasteiger partial charge >= 0.3 is 5.97 Å². The van der Waals surface area contributed by atoms with Crippen molar-refractivity contribution < 1.29 is 14.5 Å². The molecule has 1 rings (SSSR count). The molecule has 0 saturated carbocycles. The van der Waals surface area contributed by atoms with Crippen LogP contribution in [0.5, 0.6) is 0 Å². The van der Waals surface area contributed by atoms with E-state index in [0.717, 1.165) is 11.0 Å². The van der Waals surface area contributed by atoms with E-state index in [1.54, 1.807) is 17.1 Å². The molecule has 0 unspecified atom stereocenters. The van der Waals surface area contributed by atoms with E-state index in [9.17, 15) is 4.79 Å². The number of aliphatic carboxylic acids is 1. The fraction of sp³-hybridized carbons (Fsp3) is 0.429. The van der Waals surface area contributed by atoms with Gasteiger partial charge < -0.3 is 5.11 Å². The Morgan fingerprint density at radius 2 is 2.42 bits per heavy atom. The summed E-state index contributed by atoms with van der Waals surface area (Å²) in [5, 5.41) is 8.47. The standard InChI is InChI=1S/C7H9IN2O2/c8-1-2-9-3-4-10(6-9)5-7(11)12/h3-4,6H,1-2,5H2/p+1. The van der Waals surface area contributed by atoms with Crippen LogP contribution in [0.4, 0.5) is 0 Å². The molecule has 0 bridgehead atoms. The Labute approximate surface area is 84.0 Å². The minimum absolute atomic E-state index is 0.0360. The van der Waals surface area contributed by atoms with E-state index in [4.69, 9.17) is 5.11 Å². The van der Waals surface area contributed by atoms with E-state index in [-0.39, 0.29) is 6.54 Å². The Hall–Kier alpha value is -0.590. The van der Waals surface area contributed by atoms with Crippen molar-refractivity contribution in [1.29, 1.82) is 0 Å². The van der Waals surface area contributed by atoms with E-state index in [2.05, 4.69) is 22.6 Å². The molecule has 1 N–H and O–H groups in total. The van der Waals surface area contributed by atoms with Gasteiger partial charge in [0, 0.05) is 4.43 Å². The SMILES string of the molecule is O=C(O)C[n+]1ccn(CCI)c1. The van der Waals surface area contributed by atoms with E-state index >= 15 is 0 Å². The van der Waals surface area contributed by atoms with Gasteiger partial charge in [0.2, 0.25) is 6.33 Å². The number of nitrogens with zero attached hydrogens (tertiary/aromatic N) is 2. The van der Waals surface area contributed by atoms with Gasteiger partial charge in [-0.15, -0.1) is 0 Å². The van der Waals surface area contributed by atoms with Crippen LogP contribution in [0.1, 0.15) is 0 Å². The van der Waals surface area contributed by atoms with Crippen molar-refractivity contribution in [3.8, 4) is 0 Å². The molecule has 66 valence electrons. The lowest BCUT2D eigenvalue weighted by Gasteiger charge is -1.89. The highest BCUT2D eigenvalue weighted by atomic mass is 127. The lowest BCUT2D eigenvalue weighted by Crippen LogP contribution is -2.35. The summed E-state index contributed by atoms with van der Waals surface area (Å²) in [5.74, 6) is -0.813. The molecule has 0 aliphatic carbocycles. The van der Waals surface area contributed by atoms with Gasteiger partial charge in [0.15, 0.2) is 6.54 Å². The number of alkyl halides is 1. The first kappa shape index (κ1) is 9.50. The van der Waals surface area contributed by atoms with Crippen molar-refractivity contribution in [2.24, 2.45) is 0 Å². The minimum atomic E-state index is -0.813. The maximum atomic E-state index is 10.3. The van der Waals surface area contributed by atoms with Crippen molar-refractivity contribution in [3.63, 3.8) is 0 Å². The summed E-state index contributed by atoms with van der Waals surface area (Å²) in [4.78, 5) is 10.3. The first-order valence-electron chi connectivity index (χ1n) is 3.55. The average molecular weight is 281 g/mol. The molecule has 0 radical (unpaired) electrons. The van der Waals surface area contributed by atoms with Crippen LogP contribution in [0.3, 0.4) is 0 Å². The number of aryl methyl sites for hydroxylation is 1. The highest BCUT2D eigenvalue weighted by Gasteiger charge is 2.06. The number of rotatable bonds is 4. The summed E-state index contributed by atoms with van der Waals surface area (Å²) in [7, 11) is 0. The van der Waals surface area contributed by atoms with Crippen LogP contribution < -0.4 is 4.57 Å². The lowest BCUT2D eigenvalue weighted by molar-refractivity contribution is -0.685. The summed E-state index contributed by atoms with van der Waals surface area (Å²) >= 11 is 2.28. The molecule has 0 aliphatic rings. The Morgan fingerprint density at radius 1 is 1.67 bits per heavy atom. The summed E-state index contributed by atoms with van der Waals surface area (Å²) in [6.45, 7) is 0.960. The summed E-state index contributed by atoms with van der Waals surface area (Å²) in [5.41, 5.74) is 0. The van der Waals surface area contributed by atoms with Gasteiger partial charge in [-0.1, -0.05) is 22.6 Å². The first-order valence-corrected chi connectivity index (χ1v) is 5.07. The van der Waals surface area contributed by atoms with Gasteiger partial charge in [-0.25, -0.2) is 13.9 Å². The highest BCUT2D eigenvalue weighted by molar-refractivity contribution is 14.1. The second kappa shape index (κ2) is 4.44. The highest BCUT2D eigenvalue weighted by Crippen LogP contribution is 1.88. The fourth-order valence-corrected chi connectivity index (χ4v) is 1.48. The zero-order valence-electron chi connectivity index (χ0n) is 6.48. The zero-order chi connectivity index (χ0) is 8.97. The van der Waals surface area contributed by atoms with Crippen molar-refractivity contribution in [2.45, 2.75) is 13.1 Å². The van der Waals surface area contributed by atoms with Gasteiger partial charge in [0.05, 0.1) is 6.54 Å². The number of halogens is 1. The number of imidazole rings is 1. The third-order valence-electron chi connectivity index (χ3n) is 1.41. The molecule has 0 saturated heterocycles. The minimum Gasteiger partial charge on any atom is -0.478 e. The number of aromatic nitrogens is 2. The molecule has 0 atom stereocenters. The first-order chi connectivity index (χ1) is 5.72. The van der Waals surface area contributed by atoms with E-state index < -0.39 is 5.97 Å². The molecule has 5 heteroatoms. The van der Waals surface area contributed by atoms with Crippen LogP contribution >= 0.6 is 22.6 Å². The number of carbonyl (C=O) groups is 1. The number of carboxylic acids is 1. The molecule has 0 amide bonds. The third kappa shape index (κ3) is 2.80. The van der Waals surface area contributed by atoms with E-state index in [1.807, 2.05) is 10.8 Å². The van der Waals surface area contributed by atoms with Crippen LogP contribution in [0.25, 0.3) is 0 Å². The largest absolute Gasteiger partial charge is 0.478 e. The van der Waals surface area contributed by atoms with Crippen LogP contribution in [0.15, 0.2) is 18.7 Å². The van der Waals surface area contributed by atoms with Crippen molar-refractivity contribution in [3.05, 3.63) is 18.7 Å². The molecular weight excluding hydrogens is 271 g/mol. The van der Waals surface area contributed by atoms with Crippen LogP contribution in [-0.4, -0.2) is 20.1 Å². The van der Waals surface area contributed by atoms with Crippen molar-refractivity contribution in [2.75, 3.05) is 4.43 Å². The smallest absolute Gasteiger partial charge is 0.346 e.